The van der Waals surface area contributed by atoms with Crippen LogP contribution in [0.25, 0.3) is 0 Å². The number of phenols is 1. The highest BCUT2D eigenvalue weighted by molar-refractivity contribution is 5.95. The molecule has 0 radical (unpaired) electrons. The van der Waals surface area contributed by atoms with Gasteiger partial charge in [0, 0.05) is 18.1 Å². The van der Waals surface area contributed by atoms with E-state index in [9.17, 15) is 9.90 Å². The topological polar surface area (TPSA) is 46.5 Å². The first kappa shape index (κ1) is 12.2. The third-order valence-electron chi connectivity index (χ3n) is 2.55. The van der Waals surface area contributed by atoms with E-state index in [2.05, 4.69) is 0 Å². The normalized spacial score (nSPS) is 10.1. The lowest BCUT2D eigenvalue weighted by atomic mass is 10.1. The van der Waals surface area contributed by atoms with Gasteiger partial charge in [-0.3, -0.25) is 4.79 Å². The van der Waals surface area contributed by atoms with E-state index < -0.39 is 0 Å². The monoisotopic (exact) mass is 242 g/mol. The SMILES string of the molecule is CCC(=O)c1ccc(Oc2cccc(O)c2)cc1. The van der Waals surface area contributed by atoms with Gasteiger partial charge >= 0.3 is 0 Å². The van der Waals surface area contributed by atoms with Gasteiger partial charge in [-0.2, -0.15) is 0 Å². The zero-order chi connectivity index (χ0) is 13.0. The highest BCUT2D eigenvalue weighted by Crippen LogP contribution is 2.24. The predicted octanol–water partition coefficient (Wildman–Crippen LogP) is 3.78. The molecule has 92 valence electrons. The summed E-state index contributed by atoms with van der Waals surface area (Å²) in [5, 5.41) is 9.32. The number of hydrogen-bond donors (Lipinski definition) is 1. The van der Waals surface area contributed by atoms with Gasteiger partial charge in [0.25, 0.3) is 0 Å². The van der Waals surface area contributed by atoms with Crippen molar-refractivity contribution in [1.82, 2.24) is 0 Å². The molecule has 1 N–H and O–H groups in total. The molecule has 0 atom stereocenters. The number of Topliss-reactive ketones (excluding diaryl/α,β-unsaturated/α-hetero) is 1. The summed E-state index contributed by atoms with van der Waals surface area (Å²) < 4.78 is 5.56. The molecule has 0 aliphatic carbocycles. The molecule has 0 fully saturated rings. The van der Waals surface area contributed by atoms with E-state index in [0.717, 1.165) is 0 Å². The molecule has 0 spiro atoms. The number of carbonyl (C=O) groups excluding carboxylic acids is 1. The third-order valence-corrected chi connectivity index (χ3v) is 2.55. The van der Waals surface area contributed by atoms with Crippen molar-refractivity contribution in [2.45, 2.75) is 13.3 Å². The van der Waals surface area contributed by atoms with E-state index in [1.807, 2.05) is 6.92 Å². The molecule has 2 aromatic rings. The van der Waals surface area contributed by atoms with Gasteiger partial charge in [0.05, 0.1) is 0 Å². The molecule has 3 nitrogen and oxygen atoms in total. The second-order valence-electron chi connectivity index (χ2n) is 3.90. The molecular weight excluding hydrogens is 228 g/mol. The molecule has 0 saturated carbocycles. The Labute approximate surface area is 106 Å². The van der Waals surface area contributed by atoms with Crippen molar-refractivity contribution in [3.8, 4) is 17.2 Å². The van der Waals surface area contributed by atoms with Crippen LogP contribution in [0.5, 0.6) is 17.2 Å². The Morgan fingerprint density at radius 1 is 1.11 bits per heavy atom. The van der Waals surface area contributed by atoms with Crippen molar-refractivity contribution in [1.29, 1.82) is 0 Å². The third kappa shape index (κ3) is 2.88. The smallest absolute Gasteiger partial charge is 0.162 e. The van der Waals surface area contributed by atoms with Crippen molar-refractivity contribution in [3.05, 3.63) is 54.1 Å². The molecule has 0 unspecified atom stereocenters. The number of phenolic OH excluding ortho intramolecular Hbond substituents is 1. The van der Waals surface area contributed by atoms with Crippen LogP contribution in [0.1, 0.15) is 23.7 Å². The molecule has 0 aliphatic heterocycles. The first-order valence-electron chi connectivity index (χ1n) is 5.79. The zero-order valence-corrected chi connectivity index (χ0v) is 10.1. The Morgan fingerprint density at radius 3 is 2.44 bits per heavy atom. The van der Waals surface area contributed by atoms with Crippen LogP contribution >= 0.6 is 0 Å². The molecule has 3 heteroatoms. The average Bonchev–Trinajstić information content (AvgIpc) is 2.39. The van der Waals surface area contributed by atoms with Crippen molar-refractivity contribution < 1.29 is 14.6 Å². The lowest BCUT2D eigenvalue weighted by Gasteiger charge is -2.06. The van der Waals surface area contributed by atoms with Crippen molar-refractivity contribution >= 4 is 5.78 Å². The number of rotatable bonds is 4. The van der Waals surface area contributed by atoms with Crippen LogP contribution in [0.4, 0.5) is 0 Å². The maximum atomic E-state index is 11.5. The van der Waals surface area contributed by atoms with Gasteiger partial charge < -0.3 is 9.84 Å². The largest absolute Gasteiger partial charge is 0.508 e. The van der Waals surface area contributed by atoms with E-state index in [4.69, 9.17) is 4.74 Å². The summed E-state index contributed by atoms with van der Waals surface area (Å²) in [7, 11) is 0. The van der Waals surface area contributed by atoms with E-state index >= 15 is 0 Å². The van der Waals surface area contributed by atoms with Crippen LogP contribution in [0, 0.1) is 0 Å². The molecule has 18 heavy (non-hydrogen) atoms. The minimum absolute atomic E-state index is 0.110. The number of hydrogen-bond acceptors (Lipinski definition) is 3. The summed E-state index contributed by atoms with van der Waals surface area (Å²) in [4.78, 5) is 11.5. The maximum absolute atomic E-state index is 11.5. The minimum Gasteiger partial charge on any atom is -0.508 e. The molecule has 0 amide bonds. The molecule has 2 aromatic carbocycles. The van der Waals surface area contributed by atoms with Crippen LogP contribution in [0.15, 0.2) is 48.5 Å². The average molecular weight is 242 g/mol. The number of benzene rings is 2. The van der Waals surface area contributed by atoms with Crippen molar-refractivity contribution in [3.63, 3.8) is 0 Å². The predicted molar refractivity (Wildman–Crippen MR) is 69.2 cm³/mol. The number of ketones is 1. The Morgan fingerprint density at radius 2 is 1.83 bits per heavy atom. The maximum Gasteiger partial charge on any atom is 0.162 e. The van der Waals surface area contributed by atoms with E-state index in [-0.39, 0.29) is 11.5 Å². The Balaban J connectivity index is 2.13. The fraction of sp³-hybridized carbons (Fsp3) is 0.133. The van der Waals surface area contributed by atoms with Gasteiger partial charge in [0.2, 0.25) is 0 Å². The summed E-state index contributed by atoms with van der Waals surface area (Å²) in [6.07, 6.45) is 0.493. The van der Waals surface area contributed by atoms with Gasteiger partial charge in [0.1, 0.15) is 17.2 Å². The molecule has 2 rings (SSSR count). The second kappa shape index (κ2) is 5.36. The lowest BCUT2D eigenvalue weighted by molar-refractivity contribution is 0.0988. The van der Waals surface area contributed by atoms with Gasteiger partial charge in [-0.05, 0) is 36.4 Å². The molecule has 0 saturated heterocycles. The fourth-order valence-electron chi connectivity index (χ4n) is 1.60. The number of aromatic hydroxyl groups is 1. The van der Waals surface area contributed by atoms with E-state index in [0.29, 0.717) is 23.5 Å². The first-order chi connectivity index (χ1) is 8.69. The lowest BCUT2D eigenvalue weighted by Crippen LogP contribution is -1.95. The Bertz CT molecular complexity index is 544. The molecule has 0 heterocycles. The summed E-state index contributed by atoms with van der Waals surface area (Å²) in [5.41, 5.74) is 0.681. The van der Waals surface area contributed by atoms with Gasteiger partial charge in [-0.1, -0.05) is 13.0 Å². The van der Waals surface area contributed by atoms with Crippen molar-refractivity contribution in [2.75, 3.05) is 0 Å². The van der Waals surface area contributed by atoms with E-state index in [1.54, 1.807) is 42.5 Å². The van der Waals surface area contributed by atoms with Gasteiger partial charge in [-0.15, -0.1) is 0 Å². The Hall–Kier alpha value is -2.29. The molecule has 0 bridgehead atoms. The molecule has 0 aromatic heterocycles. The van der Waals surface area contributed by atoms with Gasteiger partial charge in [0.15, 0.2) is 5.78 Å². The zero-order valence-electron chi connectivity index (χ0n) is 10.1. The van der Waals surface area contributed by atoms with E-state index in [1.165, 1.54) is 6.07 Å². The number of carbonyl (C=O) groups is 1. The fourth-order valence-corrected chi connectivity index (χ4v) is 1.60. The van der Waals surface area contributed by atoms with Gasteiger partial charge in [-0.25, -0.2) is 0 Å². The summed E-state index contributed by atoms with van der Waals surface area (Å²) in [5.74, 6) is 1.46. The standard InChI is InChI=1S/C15H14O3/c1-2-15(17)11-6-8-13(9-7-11)18-14-5-3-4-12(16)10-14/h3-10,16H,2H2,1H3. The number of ether oxygens (including phenoxy) is 1. The summed E-state index contributed by atoms with van der Waals surface area (Å²) >= 11 is 0. The van der Waals surface area contributed by atoms with Crippen LogP contribution in [0.3, 0.4) is 0 Å². The van der Waals surface area contributed by atoms with Crippen LogP contribution in [-0.4, -0.2) is 10.9 Å². The summed E-state index contributed by atoms with van der Waals surface area (Å²) in [6, 6.07) is 13.5. The highest BCUT2D eigenvalue weighted by Gasteiger charge is 2.03. The van der Waals surface area contributed by atoms with Crippen LogP contribution in [-0.2, 0) is 0 Å². The molecule has 0 aliphatic rings. The first-order valence-corrected chi connectivity index (χ1v) is 5.79. The van der Waals surface area contributed by atoms with Crippen LogP contribution in [0.2, 0.25) is 0 Å². The minimum atomic E-state index is 0.110. The van der Waals surface area contributed by atoms with Crippen LogP contribution < -0.4 is 4.74 Å². The van der Waals surface area contributed by atoms with Crippen molar-refractivity contribution in [2.24, 2.45) is 0 Å². The quantitative estimate of drug-likeness (QED) is 0.830. The Kier molecular flexibility index (Phi) is 3.63. The highest BCUT2D eigenvalue weighted by atomic mass is 16.5. The summed E-state index contributed by atoms with van der Waals surface area (Å²) in [6.45, 7) is 1.83. The molecular formula is C15H14O3. The second-order valence-corrected chi connectivity index (χ2v) is 3.90.